The van der Waals surface area contributed by atoms with Crippen molar-refractivity contribution >= 4 is 35.6 Å². The molecule has 2 N–H and O–H groups in total. The molecule has 1 aromatic carbocycles. The Morgan fingerprint density at radius 3 is 2.61 bits per heavy atom. The van der Waals surface area contributed by atoms with Crippen molar-refractivity contribution in [1.82, 2.24) is 9.80 Å². The molecule has 0 unspecified atom stereocenters. The minimum Gasteiger partial charge on any atom is -0.506 e. The molecule has 0 saturated carbocycles. The molecule has 7 nitrogen and oxygen atoms in total. The first-order valence-electron chi connectivity index (χ1n) is 9.02. The Kier molecular flexibility index (Phi) is 6.11. The number of likely N-dealkylation sites (N-methyl/N-ethyl adjacent to an activating group) is 1. The number of nitrogens with one attached hydrogen (secondary N) is 1. The van der Waals surface area contributed by atoms with Crippen molar-refractivity contribution in [3.05, 3.63) is 34.2 Å². The first-order chi connectivity index (χ1) is 13.4. The van der Waals surface area contributed by atoms with Crippen molar-refractivity contribution in [1.29, 1.82) is 0 Å². The van der Waals surface area contributed by atoms with Crippen molar-refractivity contribution in [3.8, 4) is 16.2 Å². The van der Waals surface area contributed by atoms with E-state index < -0.39 is 0 Å². The van der Waals surface area contributed by atoms with E-state index in [-0.39, 0.29) is 11.7 Å². The van der Waals surface area contributed by atoms with Crippen LogP contribution in [0.25, 0.3) is 10.4 Å². The number of hydrogen-bond donors (Lipinski definition) is 2. The maximum atomic E-state index is 12.9. The van der Waals surface area contributed by atoms with E-state index in [1.807, 2.05) is 17.9 Å². The lowest BCUT2D eigenvalue weighted by atomic mass is 10.0. The van der Waals surface area contributed by atoms with Gasteiger partial charge in [0.25, 0.3) is 5.91 Å². The molecule has 0 atom stereocenters. The largest absolute Gasteiger partial charge is 0.506 e. The Bertz CT molecular complexity index is 914. The van der Waals surface area contributed by atoms with Gasteiger partial charge in [-0.15, -0.1) is 11.3 Å². The van der Waals surface area contributed by atoms with Gasteiger partial charge >= 0.3 is 0 Å². The predicted octanol–water partition coefficient (Wildman–Crippen LogP) is 2.70. The number of carbonyl (C=O) groups excluding carboxylic acids is 2. The van der Waals surface area contributed by atoms with Crippen LogP contribution in [0.15, 0.2) is 23.2 Å². The summed E-state index contributed by atoms with van der Waals surface area (Å²) in [4.78, 5) is 33.8. The number of amides is 1. The summed E-state index contributed by atoms with van der Waals surface area (Å²) in [5.41, 5.74) is 2.29. The number of anilines is 1. The van der Waals surface area contributed by atoms with Crippen LogP contribution >= 0.6 is 11.3 Å². The standard InChI is InChI=1S/C20H24N4O3S/c1-13-8-17(20(27)24-6-4-23(3)5-7-24)28-19(13)14-9-15(11-25)18(16(26)10-14)22-12-21-2/h8-12,26H,4-7H2,1-3H3,(H,21,22). The molecular formula is C20H24N4O3S. The number of benzene rings is 1. The van der Waals surface area contributed by atoms with Crippen molar-refractivity contribution in [2.24, 2.45) is 4.99 Å². The third kappa shape index (κ3) is 4.07. The van der Waals surface area contributed by atoms with Gasteiger partial charge in [-0.1, -0.05) is 0 Å². The van der Waals surface area contributed by atoms with E-state index in [4.69, 9.17) is 0 Å². The highest BCUT2D eigenvalue weighted by Crippen LogP contribution is 2.38. The number of aromatic hydroxyl groups is 1. The molecule has 1 aliphatic heterocycles. The van der Waals surface area contributed by atoms with Gasteiger partial charge in [-0.05, 0) is 43.3 Å². The zero-order chi connectivity index (χ0) is 20.3. The first kappa shape index (κ1) is 20.0. The second kappa shape index (κ2) is 8.53. The SMILES string of the molecule is CN=CNc1c(O)cc(-c2sc(C(=O)N3CCN(C)CC3)cc2C)cc1C=O. The lowest BCUT2D eigenvalue weighted by Gasteiger charge is -2.32. The Balaban J connectivity index is 1.91. The van der Waals surface area contributed by atoms with Gasteiger partial charge in [-0.2, -0.15) is 0 Å². The van der Waals surface area contributed by atoms with Gasteiger partial charge in [0.05, 0.1) is 16.9 Å². The Morgan fingerprint density at radius 2 is 1.96 bits per heavy atom. The van der Waals surface area contributed by atoms with E-state index in [2.05, 4.69) is 22.3 Å². The summed E-state index contributed by atoms with van der Waals surface area (Å²) in [5.74, 6) is -0.0102. The van der Waals surface area contributed by atoms with E-state index >= 15 is 0 Å². The fourth-order valence-corrected chi connectivity index (χ4v) is 4.33. The van der Waals surface area contributed by atoms with Crippen LogP contribution in [0.1, 0.15) is 25.6 Å². The highest BCUT2D eigenvalue weighted by atomic mass is 32.1. The van der Waals surface area contributed by atoms with Gasteiger partial charge in [0.2, 0.25) is 0 Å². The Labute approximate surface area is 168 Å². The number of piperazine rings is 1. The third-order valence-electron chi connectivity index (χ3n) is 4.79. The van der Waals surface area contributed by atoms with E-state index in [1.165, 1.54) is 17.7 Å². The number of aldehydes is 1. The smallest absolute Gasteiger partial charge is 0.264 e. The molecule has 8 heteroatoms. The number of rotatable bonds is 5. The Hall–Kier alpha value is -2.71. The summed E-state index contributed by atoms with van der Waals surface area (Å²) in [5, 5.41) is 13.2. The minimum atomic E-state index is -0.0424. The summed E-state index contributed by atoms with van der Waals surface area (Å²) in [6.07, 6.45) is 2.10. The molecule has 1 saturated heterocycles. The van der Waals surface area contributed by atoms with Gasteiger partial charge in [0.1, 0.15) is 5.75 Å². The quantitative estimate of drug-likeness (QED) is 0.349. The number of phenols is 1. The molecule has 1 fully saturated rings. The van der Waals surface area contributed by atoms with Gasteiger partial charge in [-0.3, -0.25) is 14.6 Å². The molecule has 1 aliphatic rings. The van der Waals surface area contributed by atoms with Crippen LogP contribution in [0.5, 0.6) is 5.75 Å². The fourth-order valence-electron chi connectivity index (χ4n) is 3.20. The van der Waals surface area contributed by atoms with E-state index in [0.29, 0.717) is 28.0 Å². The van der Waals surface area contributed by atoms with Gasteiger partial charge in [0.15, 0.2) is 6.29 Å². The number of carbonyl (C=O) groups is 2. The molecule has 28 heavy (non-hydrogen) atoms. The van der Waals surface area contributed by atoms with E-state index in [0.717, 1.165) is 36.6 Å². The number of nitrogens with zero attached hydrogens (tertiary/aromatic N) is 3. The van der Waals surface area contributed by atoms with Crippen LogP contribution in [-0.2, 0) is 0 Å². The molecule has 1 amide bonds. The molecular weight excluding hydrogens is 376 g/mol. The molecule has 1 aromatic heterocycles. The second-order valence-corrected chi connectivity index (χ2v) is 7.88. The van der Waals surface area contributed by atoms with Crippen LogP contribution in [0.4, 0.5) is 5.69 Å². The van der Waals surface area contributed by atoms with Gasteiger partial charge < -0.3 is 20.2 Å². The molecule has 148 valence electrons. The molecule has 0 spiro atoms. The average molecular weight is 401 g/mol. The molecule has 0 radical (unpaired) electrons. The van der Waals surface area contributed by atoms with E-state index in [9.17, 15) is 14.7 Å². The lowest BCUT2D eigenvalue weighted by Crippen LogP contribution is -2.46. The summed E-state index contributed by atoms with van der Waals surface area (Å²) < 4.78 is 0. The van der Waals surface area contributed by atoms with Crippen LogP contribution in [0, 0.1) is 6.92 Å². The summed E-state index contributed by atoms with van der Waals surface area (Å²) in [7, 11) is 3.64. The van der Waals surface area contributed by atoms with Crippen LogP contribution < -0.4 is 5.32 Å². The number of hydrogen-bond acceptors (Lipinski definition) is 6. The highest BCUT2D eigenvalue weighted by molar-refractivity contribution is 7.17. The molecule has 2 aromatic rings. The molecule has 3 rings (SSSR count). The highest BCUT2D eigenvalue weighted by Gasteiger charge is 2.23. The van der Waals surface area contributed by atoms with Crippen molar-refractivity contribution < 1.29 is 14.7 Å². The van der Waals surface area contributed by atoms with Gasteiger partial charge in [-0.25, -0.2) is 0 Å². The van der Waals surface area contributed by atoms with Crippen molar-refractivity contribution in [3.63, 3.8) is 0 Å². The topological polar surface area (TPSA) is 85.2 Å². The predicted molar refractivity (Wildman–Crippen MR) is 113 cm³/mol. The summed E-state index contributed by atoms with van der Waals surface area (Å²) in [6, 6.07) is 5.19. The summed E-state index contributed by atoms with van der Waals surface area (Å²) >= 11 is 1.39. The zero-order valence-corrected chi connectivity index (χ0v) is 17.0. The zero-order valence-electron chi connectivity index (χ0n) is 16.2. The van der Waals surface area contributed by atoms with Crippen molar-refractivity contribution in [2.45, 2.75) is 6.92 Å². The Morgan fingerprint density at radius 1 is 1.25 bits per heavy atom. The minimum absolute atomic E-state index is 0.0322. The number of aliphatic imine (C=N–C) groups is 1. The van der Waals surface area contributed by atoms with Crippen LogP contribution in [-0.4, -0.2) is 73.7 Å². The lowest BCUT2D eigenvalue weighted by molar-refractivity contribution is 0.0669. The van der Waals surface area contributed by atoms with Gasteiger partial charge in [0, 0.05) is 43.7 Å². The van der Waals surface area contributed by atoms with Crippen molar-refractivity contribution in [2.75, 3.05) is 45.6 Å². The number of thiophene rings is 1. The molecule has 0 aliphatic carbocycles. The number of phenolic OH excluding ortho intramolecular Hbond substituents is 1. The summed E-state index contributed by atoms with van der Waals surface area (Å²) in [6.45, 7) is 5.11. The molecule has 0 bridgehead atoms. The second-order valence-electron chi connectivity index (χ2n) is 6.83. The fraction of sp³-hybridized carbons (Fsp3) is 0.350. The monoisotopic (exact) mass is 400 g/mol. The maximum Gasteiger partial charge on any atom is 0.264 e. The van der Waals surface area contributed by atoms with Crippen LogP contribution in [0.2, 0.25) is 0 Å². The van der Waals surface area contributed by atoms with E-state index in [1.54, 1.807) is 19.2 Å². The van der Waals surface area contributed by atoms with Crippen LogP contribution in [0.3, 0.4) is 0 Å². The number of aryl methyl sites for hydroxylation is 1. The third-order valence-corrected chi connectivity index (χ3v) is 6.07. The average Bonchev–Trinajstić information content (AvgIpc) is 3.08. The normalized spacial score (nSPS) is 15.2. The molecule has 2 heterocycles. The maximum absolute atomic E-state index is 12.9. The first-order valence-corrected chi connectivity index (χ1v) is 9.84.